The first kappa shape index (κ1) is 84.9. The average Bonchev–Trinajstić information content (AvgIpc) is 1.57. The van der Waals surface area contributed by atoms with Gasteiger partial charge in [-0.15, -0.1) is 0 Å². The van der Waals surface area contributed by atoms with Gasteiger partial charge in [0.05, 0.1) is 66.2 Å². The molecule has 148 heavy (non-hydrogen) atoms. The van der Waals surface area contributed by atoms with Gasteiger partial charge in [-0.1, -0.05) is 358 Å². The molecule has 0 aliphatic heterocycles. The van der Waals surface area contributed by atoms with Crippen LogP contribution in [0.1, 0.15) is 0 Å². The topological polar surface area (TPSA) is 81.1 Å². The fourth-order valence-corrected chi connectivity index (χ4v) is 23.2. The van der Waals surface area contributed by atoms with E-state index in [1.807, 2.05) is 72.9 Å². The van der Waals surface area contributed by atoms with E-state index in [0.717, 1.165) is 66.7 Å². The molecular formula is C138H88N10. The first-order chi connectivity index (χ1) is 73.4. The normalized spacial score (nSPS) is 11.8. The van der Waals surface area contributed by atoms with Crippen molar-refractivity contribution < 1.29 is 0 Å². The Kier molecular flexibility index (Phi) is 20.1. The zero-order valence-corrected chi connectivity index (χ0v) is 80.3. The molecule has 0 aliphatic carbocycles. The third-order valence-corrected chi connectivity index (χ3v) is 30.0. The van der Waals surface area contributed by atoms with Crippen LogP contribution in [0.3, 0.4) is 0 Å². The lowest BCUT2D eigenvalue weighted by Gasteiger charge is -2.11. The molecule has 23 aromatic carbocycles. The van der Waals surface area contributed by atoms with E-state index in [1.165, 1.54) is 191 Å². The number of hydrogen-bond acceptors (Lipinski definition) is 4. The van der Waals surface area contributed by atoms with Crippen LogP contribution in [0.5, 0.6) is 0 Å². The molecule has 0 aliphatic rings. The van der Waals surface area contributed by atoms with Crippen LogP contribution in [0.2, 0.25) is 0 Å². The third-order valence-electron chi connectivity index (χ3n) is 30.0. The van der Waals surface area contributed by atoms with E-state index < -0.39 is 0 Å². The summed E-state index contributed by atoms with van der Waals surface area (Å²) in [6.07, 6.45) is 1.87. The van der Waals surface area contributed by atoms with E-state index in [2.05, 4.69) is 488 Å². The molecule has 0 N–H and O–H groups in total. The van der Waals surface area contributed by atoms with Crippen LogP contribution >= 0.6 is 0 Å². The molecule has 8 aromatic heterocycles. The van der Waals surface area contributed by atoms with Gasteiger partial charge in [-0.05, 0) is 257 Å². The molecule has 31 aromatic rings. The first-order valence-electron chi connectivity index (χ1n) is 50.5. The highest BCUT2D eigenvalue weighted by Gasteiger charge is 2.26. The molecule has 10 heteroatoms. The minimum atomic E-state index is 0.587. The van der Waals surface area contributed by atoms with Crippen molar-refractivity contribution in [2.75, 3.05) is 0 Å². The average molecular weight is 1890 g/mol. The summed E-state index contributed by atoms with van der Waals surface area (Å²) in [7, 11) is 0. The quantitative estimate of drug-likeness (QED) is 0.122. The number of benzene rings is 23. The Morgan fingerprint density at radius 1 is 0.135 bits per heavy atom. The summed E-state index contributed by atoms with van der Waals surface area (Å²) in [5, 5.41) is 24.9. The van der Waals surface area contributed by atoms with Crippen molar-refractivity contribution >= 4 is 174 Å². The SMILES string of the molecule is c1ccc(-c2ccc(-n3c4ccccc4c4cc(-c5ccc6c(c5)c5ccccc5n6-c5ccc6ccccc6c5)ccc43)cc2)cc1.c1ccc(-c2nc(-c3ccccc3)nc(-n3c4ccccc4c4cc(-c5ccc6c(c5)c5c7ccccc7ccc5n6-c5ccccc5)ccc43)n2)cc1.c1ccc(-n2c3ccc(-c4ccc5c(c4)c4c6ccccc6ccc4n5-c4ccccn4)cc3c3c4ccccc4ccc32)cc1. The molecule has 0 amide bonds. The molecule has 0 atom stereocenters. The van der Waals surface area contributed by atoms with Crippen LogP contribution in [0.4, 0.5) is 0 Å². The number of fused-ring (bicyclic) bond motifs is 25. The molecule has 0 saturated carbocycles. The van der Waals surface area contributed by atoms with Gasteiger partial charge in [-0.25, -0.2) is 9.97 Å². The second kappa shape index (κ2) is 35.0. The smallest absolute Gasteiger partial charge is 0.238 e. The lowest BCUT2D eigenvalue weighted by Crippen LogP contribution is -2.06. The van der Waals surface area contributed by atoms with Gasteiger partial charge < -0.3 is 18.3 Å². The number of nitrogens with zero attached hydrogens (tertiary/aromatic N) is 10. The van der Waals surface area contributed by atoms with Crippen LogP contribution in [0, 0.1) is 0 Å². The number of para-hydroxylation sites is 5. The number of hydrogen-bond donors (Lipinski definition) is 0. The highest BCUT2D eigenvalue weighted by molar-refractivity contribution is 6.26. The molecule has 0 fully saturated rings. The van der Waals surface area contributed by atoms with Gasteiger partial charge in [0.1, 0.15) is 5.82 Å². The Morgan fingerprint density at radius 2 is 0.405 bits per heavy atom. The van der Waals surface area contributed by atoms with E-state index in [-0.39, 0.29) is 0 Å². The van der Waals surface area contributed by atoms with Crippen LogP contribution < -0.4 is 0 Å². The molecule has 31 rings (SSSR count). The van der Waals surface area contributed by atoms with Gasteiger partial charge >= 0.3 is 0 Å². The third kappa shape index (κ3) is 14.2. The largest absolute Gasteiger partial charge is 0.309 e. The molecule has 0 radical (unpaired) electrons. The van der Waals surface area contributed by atoms with Crippen molar-refractivity contribution in [2.45, 2.75) is 0 Å². The summed E-state index contributed by atoms with van der Waals surface area (Å²) >= 11 is 0. The van der Waals surface area contributed by atoms with Crippen LogP contribution in [0.15, 0.2) is 534 Å². The van der Waals surface area contributed by atoms with Crippen molar-refractivity contribution in [1.29, 1.82) is 0 Å². The number of aromatic nitrogens is 10. The second-order valence-corrected chi connectivity index (χ2v) is 38.3. The molecule has 0 spiro atoms. The zero-order chi connectivity index (χ0) is 97.4. The van der Waals surface area contributed by atoms with E-state index >= 15 is 0 Å². The maximum atomic E-state index is 5.11. The lowest BCUT2D eigenvalue weighted by atomic mass is 9.98. The fraction of sp³-hybridized carbons (Fsp3) is 0. The molecule has 0 bridgehead atoms. The van der Waals surface area contributed by atoms with Gasteiger partial charge in [-0.2, -0.15) is 9.97 Å². The fourth-order valence-electron chi connectivity index (χ4n) is 23.2. The van der Waals surface area contributed by atoms with E-state index in [4.69, 9.17) is 19.9 Å². The standard InChI is InChI=1S/C49H31N5.C46H30N2.C43H27N3/c1-4-15-33(16-5-1)47-50-48(34-17-6-2-7-18-34)52-49(51-47)54-42-23-13-12-22-39(42)40-30-35(25-27-43(40)54)36-26-28-44-41(31-36)46-38-21-11-10-14-32(38)24-29-45(46)53(44)37-19-8-3-9-20-37;1-2-10-31(11-3-1)33-18-23-37(24-19-33)47-43-16-8-6-14-39(43)41-29-35(21-26-45(41)47)36-22-27-46-42(30-36)40-15-7-9-17-44(40)48(46)38-25-20-32-12-4-5-13-34(32)28-38;1-2-12-32(13-3-1)45-37-21-19-30(26-35(37)42-33-14-6-4-10-28(33)17-23-39(42)45)31-20-22-38-36(27-31)43-34-15-7-5-11-29(34)18-24-40(43)46(38)41-16-8-9-25-44-41/h1-31H;1-30H;1-27H. The van der Waals surface area contributed by atoms with Crippen LogP contribution in [-0.2, 0) is 0 Å². The molecular weight excluding hydrogens is 1800 g/mol. The highest BCUT2D eigenvalue weighted by Crippen LogP contribution is 2.47. The summed E-state index contributed by atoms with van der Waals surface area (Å²) in [6.45, 7) is 0. The summed E-state index contributed by atoms with van der Waals surface area (Å²) < 4.78 is 14.1. The van der Waals surface area contributed by atoms with Gasteiger partial charge in [-0.3, -0.25) is 9.13 Å². The van der Waals surface area contributed by atoms with Crippen molar-refractivity contribution in [2.24, 2.45) is 0 Å². The predicted molar refractivity (Wildman–Crippen MR) is 619 cm³/mol. The minimum absolute atomic E-state index is 0.587. The van der Waals surface area contributed by atoms with Crippen LogP contribution in [0.25, 0.3) is 276 Å². The monoisotopic (exact) mass is 1880 g/mol. The molecule has 10 nitrogen and oxygen atoms in total. The zero-order valence-electron chi connectivity index (χ0n) is 80.3. The Morgan fingerprint density at radius 3 is 0.824 bits per heavy atom. The maximum absolute atomic E-state index is 5.11. The maximum Gasteiger partial charge on any atom is 0.238 e. The summed E-state index contributed by atoms with van der Waals surface area (Å²) in [5.74, 6) is 2.78. The van der Waals surface area contributed by atoms with Gasteiger partial charge in [0.2, 0.25) is 5.95 Å². The van der Waals surface area contributed by atoms with E-state index in [0.29, 0.717) is 17.6 Å². The van der Waals surface area contributed by atoms with E-state index in [1.54, 1.807) is 0 Å². The number of pyridine rings is 1. The Hall–Kier alpha value is -19.9. The van der Waals surface area contributed by atoms with Crippen molar-refractivity contribution in [3.63, 3.8) is 0 Å². The summed E-state index contributed by atoms with van der Waals surface area (Å²) in [6, 6.07) is 190. The van der Waals surface area contributed by atoms with E-state index in [9.17, 15) is 0 Å². The molecule has 690 valence electrons. The van der Waals surface area contributed by atoms with Crippen molar-refractivity contribution in [3.05, 3.63) is 534 Å². The number of rotatable bonds is 12. The Bertz CT molecular complexity index is 10500. The van der Waals surface area contributed by atoms with Crippen molar-refractivity contribution in [3.8, 4) is 102 Å². The molecule has 0 saturated heterocycles. The predicted octanol–water partition coefficient (Wildman–Crippen LogP) is 35.8. The highest BCUT2D eigenvalue weighted by atomic mass is 15.2. The lowest BCUT2D eigenvalue weighted by molar-refractivity contribution is 0.953. The van der Waals surface area contributed by atoms with Gasteiger partial charge in [0.25, 0.3) is 0 Å². The van der Waals surface area contributed by atoms with Crippen LogP contribution in [-0.4, -0.2) is 47.3 Å². The van der Waals surface area contributed by atoms with Gasteiger partial charge in [0.15, 0.2) is 11.6 Å². The summed E-state index contributed by atoms with van der Waals surface area (Å²) in [4.78, 5) is 19.9. The van der Waals surface area contributed by atoms with Crippen molar-refractivity contribution in [1.82, 2.24) is 47.3 Å². The second-order valence-electron chi connectivity index (χ2n) is 38.3. The summed E-state index contributed by atoms with van der Waals surface area (Å²) in [5.41, 5.74) is 30.2. The minimum Gasteiger partial charge on any atom is -0.309 e. The van der Waals surface area contributed by atoms with Gasteiger partial charge in [0, 0.05) is 105 Å². The first-order valence-corrected chi connectivity index (χ1v) is 50.5. The molecule has 8 heterocycles. The Balaban J connectivity index is 0.000000105. The Labute approximate surface area is 851 Å². The molecule has 0 unspecified atom stereocenters.